The van der Waals surface area contributed by atoms with Crippen molar-refractivity contribution >= 4 is 21.6 Å². The van der Waals surface area contributed by atoms with E-state index >= 15 is 0 Å². The van der Waals surface area contributed by atoms with Gasteiger partial charge in [0, 0.05) is 31.8 Å². The third kappa shape index (κ3) is 4.22. The Morgan fingerprint density at radius 1 is 1.21 bits per heavy atom. The summed E-state index contributed by atoms with van der Waals surface area (Å²) in [6.07, 6.45) is 11.0. The third-order valence-corrected chi connectivity index (χ3v) is 7.42. The van der Waals surface area contributed by atoms with Gasteiger partial charge in [-0.3, -0.25) is 14.5 Å². The third-order valence-electron chi connectivity index (χ3n) is 5.20. The zero-order valence-electron chi connectivity index (χ0n) is 15.4. The number of aromatic nitrogens is 4. The highest BCUT2D eigenvalue weighted by Gasteiger charge is 2.38. The maximum atomic E-state index is 13.0. The van der Waals surface area contributed by atoms with Crippen LogP contribution in [0.2, 0.25) is 0 Å². The molecule has 2 fully saturated rings. The monoisotopic (exact) mass is 405 g/mol. The van der Waals surface area contributed by atoms with Crippen LogP contribution in [-0.2, 0) is 19.4 Å². The fourth-order valence-corrected chi connectivity index (χ4v) is 5.01. The Morgan fingerprint density at radius 2 is 2.00 bits per heavy atom. The molecule has 1 amide bonds. The summed E-state index contributed by atoms with van der Waals surface area (Å²) in [7, 11) is -3.35. The second-order valence-corrected chi connectivity index (χ2v) is 9.52. The molecule has 1 unspecified atom stereocenters. The quantitative estimate of drug-likeness (QED) is 0.744. The Labute approximate surface area is 163 Å². The van der Waals surface area contributed by atoms with Gasteiger partial charge in [0.25, 0.3) is 0 Å². The molecular weight excluding hydrogens is 382 g/mol. The van der Waals surface area contributed by atoms with E-state index in [-0.39, 0.29) is 16.1 Å². The Kier molecular flexibility index (Phi) is 5.40. The number of carbonyl (C=O) groups excluding carboxylic acids is 1. The molecule has 9 nitrogen and oxygen atoms in total. The second-order valence-electron chi connectivity index (χ2n) is 7.29. The van der Waals surface area contributed by atoms with Crippen LogP contribution in [0.15, 0.2) is 35.9 Å². The lowest BCUT2D eigenvalue weighted by molar-refractivity contribution is -0.120. The first-order valence-corrected chi connectivity index (χ1v) is 11.0. The van der Waals surface area contributed by atoms with E-state index < -0.39 is 15.9 Å². The van der Waals surface area contributed by atoms with Gasteiger partial charge in [0.1, 0.15) is 10.9 Å². The van der Waals surface area contributed by atoms with Crippen LogP contribution in [0.25, 0.3) is 0 Å². The SMILES string of the molecule is O=C(Nc1cnccn1)C(CC1CCOCC1)n1cc(S(=O)(=O)C2CC2)cn1. The van der Waals surface area contributed by atoms with Gasteiger partial charge in [-0.15, -0.1) is 0 Å². The minimum atomic E-state index is -3.35. The van der Waals surface area contributed by atoms with E-state index in [0.717, 1.165) is 12.8 Å². The molecule has 1 N–H and O–H groups in total. The number of ether oxygens (including phenoxy) is 1. The molecule has 3 heterocycles. The van der Waals surface area contributed by atoms with Gasteiger partial charge in [-0.25, -0.2) is 13.4 Å². The lowest BCUT2D eigenvalue weighted by Crippen LogP contribution is -2.30. The summed E-state index contributed by atoms with van der Waals surface area (Å²) in [5, 5.41) is 6.68. The van der Waals surface area contributed by atoms with Crippen LogP contribution in [0, 0.1) is 5.92 Å². The molecule has 4 rings (SSSR count). The Bertz CT molecular complexity index is 920. The Balaban J connectivity index is 1.57. The summed E-state index contributed by atoms with van der Waals surface area (Å²) >= 11 is 0. The highest BCUT2D eigenvalue weighted by Crippen LogP contribution is 2.34. The second kappa shape index (κ2) is 7.96. The number of nitrogens with one attached hydrogen (secondary N) is 1. The molecule has 0 spiro atoms. The first-order chi connectivity index (χ1) is 13.5. The van der Waals surface area contributed by atoms with Crippen LogP contribution in [-0.4, -0.2) is 52.5 Å². The summed E-state index contributed by atoms with van der Waals surface area (Å²) in [5.41, 5.74) is 0. The van der Waals surface area contributed by atoms with Crippen LogP contribution in [0.4, 0.5) is 5.82 Å². The molecule has 2 aromatic rings. The molecule has 10 heteroatoms. The number of sulfone groups is 1. The van der Waals surface area contributed by atoms with E-state index in [0.29, 0.717) is 44.2 Å². The van der Waals surface area contributed by atoms with E-state index in [4.69, 9.17) is 4.74 Å². The van der Waals surface area contributed by atoms with Gasteiger partial charge in [-0.1, -0.05) is 0 Å². The molecule has 1 aliphatic heterocycles. The minimum Gasteiger partial charge on any atom is -0.381 e. The van der Waals surface area contributed by atoms with Crippen LogP contribution in [0.5, 0.6) is 0 Å². The van der Waals surface area contributed by atoms with Crippen LogP contribution < -0.4 is 5.32 Å². The van der Waals surface area contributed by atoms with Gasteiger partial charge < -0.3 is 10.1 Å². The highest BCUT2D eigenvalue weighted by molar-refractivity contribution is 7.92. The smallest absolute Gasteiger partial charge is 0.250 e. The van der Waals surface area contributed by atoms with Gasteiger partial charge in [0.2, 0.25) is 5.91 Å². The maximum Gasteiger partial charge on any atom is 0.250 e. The standard InChI is InChI=1S/C18H23N5O4S/c24-18(22-17-11-19-5-6-20-17)16(9-13-3-7-27-8-4-13)23-12-15(10-21-23)28(25,26)14-1-2-14/h5-6,10-14,16H,1-4,7-9H2,(H,20,22,24). The van der Waals surface area contributed by atoms with Crippen molar-refractivity contribution in [1.29, 1.82) is 0 Å². The number of rotatable bonds is 7. The summed E-state index contributed by atoms with van der Waals surface area (Å²) in [5.74, 6) is 0.368. The zero-order chi connectivity index (χ0) is 19.6. The summed E-state index contributed by atoms with van der Waals surface area (Å²) in [6, 6.07) is -0.631. The number of anilines is 1. The fourth-order valence-electron chi connectivity index (χ4n) is 3.41. The molecule has 1 saturated carbocycles. The largest absolute Gasteiger partial charge is 0.381 e. The Morgan fingerprint density at radius 3 is 2.68 bits per heavy atom. The fraction of sp³-hybridized carbons (Fsp3) is 0.556. The van der Waals surface area contributed by atoms with Crippen molar-refractivity contribution in [2.24, 2.45) is 5.92 Å². The number of hydrogen-bond acceptors (Lipinski definition) is 7. The van der Waals surface area contributed by atoms with Crippen molar-refractivity contribution in [3.8, 4) is 0 Å². The first-order valence-electron chi connectivity index (χ1n) is 9.46. The number of amides is 1. The Hall–Kier alpha value is -2.33. The first kappa shape index (κ1) is 19.0. The maximum absolute atomic E-state index is 13.0. The van der Waals surface area contributed by atoms with Crippen molar-refractivity contribution in [1.82, 2.24) is 19.7 Å². The normalized spacial score (nSPS) is 19.3. The molecule has 0 radical (unpaired) electrons. The number of carbonyl (C=O) groups is 1. The van der Waals surface area contributed by atoms with Crippen LogP contribution in [0.1, 0.15) is 38.1 Å². The average molecular weight is 405 g/mol. The lowest BCUT2D eigenvalue weighted by atomic mass is 9.92. The van der Waals surface area contributed by atoms with Gasteiger partial charge in [-0.2, -0.15) is 5.10 Å². The average Bonchev–Trinajstić information content (AvgIpc) is 3.46. The van der Waals surface area contributed by atoms with Gasteiger partial charge in [0.15, 0.2) is 15.7 Å². The molecule has 28 heavy (non-hydrogen) atoms. The van der Waals surface area contributed by atoms with Crippen molar-refractivity contribution < 1.29 is 17.9 Å². The molecule has 1 aliphatic carbocycles. The van der Waals surface area contributed by atoms with E-state index in [1.54, 1.807) is 0 Å². The van der Waals surface area contributed by atoms with Gasteiger partial charge in [0.05, 0.1) is 17.6 Å². The van der Waals surface area contributed by atoms with Crippen molar-refractivity contribution in [3.63, 3.8) is 0 Å². The highest BCUT2D eigenvalue weighted by atomic mass is 32.2. The molecule has 0 bridgehead atoms. The predicted octanol–water partition coefficient (Wildman–Crippen LogP) is 1.61. The topological polar surface area (TPSA) is 116 Å². The molecule has 0 aromatic carbocycles. The number of nitrogens with zero attached hydrogens (tertiary/aromatic N) is 4. The van der Waals surface area contributed by atoms with Crippen molar-refractivity contribution in [2.75, 3.05) is 18.5 Å². The van der Waals surface area contributed by atoms with Crippen LogP contribution in [0.3, 0.4) is 0 Å². The molecule has 150 valence electrons. The zero-order valence-corrected chi connectivity index (χ0v) is 16.2. The van der Waals surface area contributed by atoms with E-state index in [9.17, 15) is 13.2 Å². The lowest BCUT2D eigenvalue weighted by Gasteiger charge is -2.26. The van der Waals surface area contributed by atoms with Crippen molar-refractivity contribution in [3.05, 3.63) is 31.0 Å². The summed E-state index contributed by atoms with van der Waals surface area (Å²) in [6.45, 7) is 1.34. The summed E-state index contributed by atoms with van der Waals surface area (Å²) < 4.78 is 31.9. The minimum absolute atomic E-state index is 0.180. The molecule has 2 aromatic heterocycles. The van der Waals surface area contributed by atoms with Gasteiger partial charge >= 0.3 is 0 Å². The van der Waals surface area contributed by atoms with Crippen molar-refractivity contribution in [2.45, 2.75) is 48.3 Å². The molecular formula is C18H23N5O4S. The van der Waals surface area contributed by atoms with Crippen LogP contribution >= 0.6 is 0 Å². The molecule has 2 aliphatic rings. The van der Waals surface area contributed by atoms with E-state index in [2.05, 4.69) is 20.4 Å². The number of hydrogen-bond donors (Lipinski definition) is 1. The molecule has 1 saturated heterocycles. The summed E-state index contributed by atoms with van der Waals surface area (Å²) in [4.78, 5) is 21.2. The predicted molar refractivity (Wildman–Crippen MR) is 100 cm³/mol. The van der Waals surface area contributed by atoms with Gasteiger partial charge in [-0.05, 0) is 38.0 Å². The van der Waals surface area contributed by atoms with E-state index in [1.807, 2.05) is 0 Å². The van der Waals surface area contributed by atoms with E-state index in [1.165, 1.54) is 35.7 Å². The molecule has 1 atom stereocenters.